The molecule has 0 spiro atoms. The Balaban J connectivity index is 1.64. The van der Waals surface area contributed by atoms with E-state index in [1.807, 2.05) is 13.8 Å². The van der Waals surface area contributed by atoms with Crippen LogP contribution in [0.1, 0.15) is 56.3 Å². The van der Waals surface area contributed by atoms with Gasteiger partial charge in [-0.25, -0.2) is 13.2 Å². The lowest BCUT2D eigenvalue weighted by atomic mass is 9.96. The maximum Gasteiger partial charge on any atom is 0.409 e. The molecule has 0 bridgehead atoms. The number of carbonyl (C=O) groups is 2. The second kappa shape index (κ2) is 10.7. The van der Waals surface area contributed by atoms with Crippen LogP contribution in [0.5, 0.6) is 0 Å². The fraction of sp³-hybridized carbons (Fsp3) is 0.652. The number of sulfonamides is 1. The minimum absolute atomic E-state index is 0.0108. The zero-order valence-electron chi connectivity index (χ0n) is 19.3. The molecule has 0 unspecified atom stereocenters. The van der Waals surface area contributed by atoms with E-state index in [4.69, 9.17) is 4.74 Å². The van der Waals surface area contributed by atoms with E-state index in [9.17, 15) is 18.0 Å². The molecular formula is C23H35N3O5S. The Hall–Kier alpha value is -2.13. The molecule has 3 rings (SSSR count). The first kappa shape index (κ1) is 24.5. The van der Waals surface area contributed by atoms with Gasteiger partial charge in [-0.3, -0.25) is 4.79 Å². The molecule has 2 aliphatic rings. The Kier molecular flexibility index (Phi) is 8.16. The van der Waals surface area contributed by atoms with Crippen molar-refractivity contribution in [3.63, 3.8) is 0 Å². The molecule has 1 saturated carbocycles. The molecule has 2 amide bonds. The molecular weight excluding hydrogens is 430 g/mol. The van der Waals surface area contributed by atoms with Crippen molar-refractivity contribution in [2.75, 3.05) is 39.8 Å². The largest absolute Gasteiger partial charge is 0.449 e. The topological polar surface area (TPSA) is 87.2 Å². The Labute approximate surface area is 191 Å². The highest BCUT2D eigenvalue weighted by molar-refractivity contribution is 7.89. The lowest BCUT2D eigenvalue weighted by Gasteiger charge is -2.34. The van der Waals surface area contributed by atoms with E-state index < -0.39 is 10.0 Å². The molecule has 1 saturated heterocycles. The van der Waals surface area contributed by atoms with Gasteiger partial charge < -0.3 is 14.5 Å². The van der Waals surface area contributed by atoms with Crippen molar-refractivity contribution in [3.8, 4) is 0 Å². The molecule has 0 atom stereocenters. The fourth-order valence-electron chi connectivity index (χ4n) is 4.20. The van der Waals surface area contributed by atoms with Crippen molar-refractivity contribution in [2.24, 2.45) is 5.92 Å². The van der Waals surface area contributed by atoms with Gasteiger partial charge in [-0.15, -0.1) is 0 Å². The van der Waals surface area contributed by atoms with Crippen molar-refractivity contribution in [1.82, 2.24) is 14.1 Å². The van der Waals surface area contributed by atoms with Crippen molar-refractivity contribution in [2.45, 2.75) is 56.9 Å². The lowest BCUT2D eigenvalue weighted by molar-refractivity contribution is 0.0535. The number of nitrogens with zero attached hydrogens (tertiary/aromatic N) is 3. The first-order valence-corrected chi connectivity index (χ1v) is 12.9. The lowest BCUT2D eigenvalue weighted by Crippen LogP contribution is -2.50. The summed E-state index contributed by atoms with van der Waals surface area (Å²) < 4.78 is 33.0. The smallest absolute Gasteiger partial charge is 0.409 e. The Morgan fingerprint density at radius 1 is 1.06 bits per heavy atom. The van der Waals surface area contributed by atoms with Crippen LogP contribution in [-0.4, -0.2) is 80.4 Å². The van der Waals surface area contributed by atoms with Crippen LogP contribution in [0, 0.1) is 5.92 Å². The molecule has 178 valence electrons. The molecule has 9 heteroatoms. The number of carbonyl (C=O) groups excluding carboxylic acids is 2. The fourth-order valence-corrected chi connectivity index (χ4v) is 5.66. The molecule has 1 aliphatic heterocycles. The second-order valence-electron chi connectivity index (χ2n) is 9.09. The average Bonchev–Trinajstić information content (AvgIpc) is 2.82. The monoisotopic (exact) mass is 465 g/mol. The van der Waals surface area contributed by atoms with Gasteiger partial charge in [0.15, 0.2) is 0 Å². The van der Waals surface area contributed by atoms with Crippen LogP contribution in [0.15, 0.2) is 29.2 Å². The Morgan fingerprint density at radius 2 is 1.69 bits per heavy atom. The predicted octanol–water partition coefficient (Wildman–Crippen LogP) is 3.19. The van der Waals surface area contributed by atoms with E-state index in [0.717, 1.165) is 32.1 Å². The molecule has 0 radical (unpaired) electrons. The van der Waals surface area contributed by atoms with Crippen molar-refractivity contribution in [1.29, 1.82) is 0 Å². The first-order chi connectivity index (χ1) is 15.2. The number of rotatable bonds is 6. The number of piperazine rings is 1. The van der Waals surface area contributed by atoms with Gasteiger partial charge >= 0.3 is 6.09 Å². The summed E-state index contributed by atoms with van der Waals surface area (Å²) in [4.78, 5) is 28.6. The third kappa shape index (κ3) is 5.81. The van der Waals surface area contributed by atoms with E-state index >= 15 is 0 Å². The van der Waals surface area contributed by atoms with Gasteiger partial charge in [-0.05, 0) is 37.0 Å². The summed E-state index contributed by atoms with van der Waals surface area (Å²) in [5.74, 6) is 0.0418. The molecule has 1 heterocycles. The van der Waals surface area contributed by atoms with Crippen LogP contribution in [0.4, 0.5) is 4.79 Å². The van der Waals surface area contributed by atoms with Gasteiger partial charge in [0.1, 0.15) is 0 Å². The van der Waals surface area contributed by atoms with E-state index in [1.54, 1.807) is 35.0 Å². The normalized spacial score (nSPS) is 18.3. The second-order valence-corrected chi connectivity index (χ2v) is 11.1. The Bertz CT molecular complexity index is 904. The maximum atomic E-state index is 13.2. The van der Waals surface area contributed by atoms with Crippen molar-refractivity contribution >= 4 is 22.0 Å². The van der Waals surface area contributed by atoms with Gasteiger partial charge in [0.05, 0.1) is 11.5 Å². The third-order valence-electron chi connectivity index (χ3n) is 6.21. The zero-order chi connectivity index (χ0) is 23.3. The molecule has 1 aromatic rings. The summed E-state index contributed by atoms with van der Waals surface area (Å²) >= 11 is 0. The number of benzene rings is 1. The molecule has 1 aliphatic carbocycles. The quantitative estimate of drug-likeness (QED) is 0.644. The van der Waals surface area contributed by atoms with Crippen LogP contribution >= 0.6 is 0 Å². The summed E-state index contributed by atoms with van der Waals surface area (Å²) in [5.41, 5.74) is 0.346. The third-order valence-corrected chi connectivity index (χ3v) is 8.12. The number of ether oxygens (including phenoxy) is 1. The number of hydrogen-bond donors (Lipinski definition) is 0. The van der Waals surface area contributed by atoms with Crippen molar-refractivity contribution < 1.29 is 22.7 Å². The summed E-state index contributed by atoms with van der Waals surface area (Å²) in [5, 5.41) is 0. The highest BCUT2D eigenvalue weighted by Crippen LogP contribution is 2.27. The summed E-state index contributed by atoms with van der Waals surface area (Å²) in [6, 6.07) is 6.30. The van der Waals surface area contributed by atoms with Gasteiger partial charge in [-0.1, -0.05) is 39.2 Å². The van der Waals surface area contributed by atoms with E-state index in [2.05, 4.69) is 0 Å². The van der Waals surface area contributed by atoms with E-state index in [-0.39, 0.29) is 28.9 Å². The van der Waals surface area contributed by atoms with Gasteiger partial charge in [-0.2, -0.15) is 4.31 Å². The first-order valence-electron chi connectivity index (χ1n) is 11.5. The molecule has 2 fully saturated rings. The van der Waals surface area contributed by atoms with Crippen LogP contribution in [0.3, 0.4) is 0 Å². The van der Waals surface area contributed by atoms with Crippen LogP contribution in [0.2, 0.25) is 0 Å². The molecule has 0 aromatic heterocycles. The van der Waals surface area contributed by atoms with Crippen molar-refractivity contribution in [3.05, 3.63) is 29.8 Å². The van der Waals surface area contributed by atoms with Crippen LogP contribution in [0.25, 0.3) is 0 Å². The molecule has 32 heavy (non-hydrogen) atoms. The van der Waals surface area contributed by atoms with Gasteiger partial charge in [0.25, 0.3) is 5.91 Å². The highest BCUT2D eigenvalue weighted by atomic mass is 32.2. The molecule has 8 nitrogen and oxygen atoms in total. The van der Waals surface area contributed by atoms with Gasteiger partial charge in [0.2, 0.25) is 10.0 Å². The number of hydrogen-bond acceptors (Lipinski definition) is 5. The highest BCUT2D eigenvalue weighted by Gasteiger charge is 2.30. The number of amides is 2. The minimum atomic E-state index is -3.67. The summed E-state index contributed by atoms with van der Waals surface area (Å²) in [6.07, 6.45) is 4.62. The molecule has 1 aromatic carbocycles. The van der Waals surface area contributed by atoms with Crippen LogP contribution in [-0.2, 0) is 14.8 Å². The van der Waals surface area contributed by atoms with Crippen LogP contribution < -0.4 is 0 Å². The SMILES string of the molecule is CC(C)COC(=O)N1CCN(C(=O)c2cccc(S(=O)(=O)N(C)C3CCCCC3)c2)CC1. The van der Waals surface area contributed by atoms with Gasteiger partial charge in [0, 0.05) is 44.8 Å². The maximum absolute atomic E-state index is 13.2. The predicted molar refractivity (Wildman–Crippen MR) is 122 cm³/mol. The Morgan fingerprint density at radius 3 is 2.31 bits per heavy atom. The summed E-state index contributed by atoms with van der Waals surface area (Å²) in [6.45, 7) is 5.88. The standard InChI is InChI=1S/C23H35N3O5S/c1-18(2)17-31-23(28)26-14-12-25(13-15-26)22(27)19-8-7-11-21(16-19)32(29,30)24(3)20-9-5-4-6-10-20/h7-8,11,16,18,20H,4-6,9-10,12-15,17H2,1-3H3. The molecule has 0 N–H and O–H groups in total. The van der Waals surface area contributed by atoms with E-state index in [0.29, 0.717) is 38.3 Å². The minimum Gasteiger partial charge on any atom is -0.449 e. The zero-order valence-corrected chi connectivity index (χ0v) is 20.1. The average molecular weight is 466 g/mol. The summed E-state index contributed by atoms with van der Waals surface area (Å²) in [7, 11) is -2.03. The van der Waals surface area contributed by atoms with E-state index in [1.165, 1.54) is 10.4 Å².